The minimum Gasteiger partial charge on any atom is -0.478 e. The number of carbonyl (C=O) groups excluding carboxylic acids is 1. The van der Waals surface area contributed by atoms with Gasteiger partial charge in [-0.2, -0.15) is 0 Å². The van der Waals surface area contributed by atoms with Crippen LogP contribution in [0.3, 0.4) is 0 Å². The van der Waals surface area contributed by atoms with Crippen LogP contribution in [0, 0.1) is 6.92 Å². The van der Waals surface area contributed by atoms with Crippen LogP contribution in [-0.2, 0) is 20.8 Å². The van der Waals surface area contributed by atoms with Gasteiger partial charge in [-0.05, 0) is 48.9 Å². The van der Waals surface area contributed by atoms with Gasteiger partial charge in [-0.1, -0.05) is 18.2 Å². The van der Waals surface area contributed by atoms with E-state index in [1.54, 1.807) is 11.3 Å². The summed E-state index contributed by atoms with van der Waals surface area (Å²) in [5.74, 6) is -2.55. The molecule has 1 amide bonds. The molecule has 0 fully saturated rings. The van der Waals surface area contributed by atoms with Gasteiger partial charge in [-0.3, -0.25) is 4.79 Å². The number of carbonyl (C=O) groups is 3. The van der Waals surface area contributed by atoms with Crippen molar-refractivity contribution in [2.75, 3.05) is 18.8 Å². The van der Waals surface area contributed by atoms with Crippen LogP contribution in [0.4, 0.5) is 5.69 Å². The highest BCUT2D eigenvalue weighted by Gasteiger charge is 2.26. The van der Waals surface area contributed by atoms with Crippen LogP contribution < -0.4 is 11.5 Å². The van der Waals surface area contributed by atoms with E-state index in [1.807, 2.05) is 36.1 Å². The Morgan fingerprint density at radius 2 is 1.73 bits per heavy atom. The van der Waals surface area contributed by atoms with E-state index in [0.29, 0.717) is 25.1 Å². The molecule has 6 N–H and O–H groups in total. The predicted octanol–water partition coefficient (Wildman–Crippen LogP) is 2.44. The van der Waals surface area contributed by atoms with E-state index in [-0.39, 0.29) is 18.5 Å². The van der Waals surface area contributed by atoms with Crippen molar-refractivity contribution >= 4 is 34.9 Å². The summed E-state index contributed by atoms with van der Waals surface area (Å²) in [6.07, 6.45) is 1.82. The van der Waals surface area contributed by atoms with Gasteiger partial charge in [-0.25, -0.2) is 9.59 Å². The lowest BCUT2D eigenvalue weighted by Crippen LogP contribution is -2.39. The van der Waals surface area contributed by atoms with Crippen LogP contribution in [0.25, 0.3) is 0 Å². The topological polar surface area (TPSA) is 147 Å². The number of amides is 1. The number of nitrogen functional groups attached to an aromatic ring is 1. The summed E-state index contributed by atoms with van der Waals surface area (Å²) >= 11 is 1.68. The van der Waals surface area contributed by atoms with E-state index in [2.05, 4.69) is 18.4 Å². The van der Waals surface area contributed by atoms with Crippen molar-refractivity contribution in [2.24, 2.45) is 5.73 Å². The van der Waals surface area contributed by atoms with Gasteiger partial charge in [-0.15, -0.1) is 11.3 Å². The van der Waals surface area contributed by atoms with Crippen LogP contribution >= 0.6 is 11.3 Å². The molecule has 0 aliphatic carbocycles. The zero-order valence-corrected chi connectivity index (χ0v) is 17.8. The Kier molecular flexibility index (Phi) is 10.3. The van der Waals surface area contributed by atoms with Crippen molar-refractivity contribution in [3.63, 3.8) is 0 Å². The quantitative estimate of drug-likeness (QED) is 0.369. The number of hydrogen-bond donors (Lipinski definition) is 4. The maximum Gasteiger partial charge on any atom is 0.328 e. The lowest BCUT2D eigenvalue weighted by Gasteiger charge is -2.31. The molecule has 162 valence electrons. The van der Waals surface area contributed by atoms with Gasteiger partial charge >= 0.3 is 11.9 Å². The fourth-order valence-electron chi connectivity index (χ4n) is 2.83. The molecular weight excluding hydrogens is 406 g/mol. The van der Waals surface area contributed by atoms with E-state index in [9.17, 15) is 14.4 Å². The third-order valence-electron chi connectivity index (χ3n) is 4.25. The van der Waals surface area contributed by atoms with Gasteiger partial charge in [0.2, 0.25) is 5.91 Å². The highest BCUT2D eigenvalue weighted by Crippen LogP contribution is 2.33. The van der Waals surface area contributed by atoms with Crippen LogP contribution in [0.5, 0.6) is 0 Å². The lowest BCUT2D eigenvalue weighted by molar-refractivity contribution is -0.134. The summed E-state index contributed by atoms with van der Waals surface area (Å²) in [6, 6.07) is 9.88. The molecule has 0 aliphatic rings. The maximum atomic E-state index is 12.2. The number of carboxylic acid groups (broad SMARTS) is 2. The largest absolute Gasteiger partial charge is 0.478 e. The van der Waals surface area contributed by atoms with Crippen LogP contribution in [0.2, 0.25) is 0 Å². The van der Waals surface area contributed by atoms with E-state index in [0.717, 1.165) is 11.3 Å². The number of aliphatic carboxylic acids is 2. The molecule has 2 aromatic rings. The normalized spacial score (nSPS) is 11.4. The van der Waals surface area contributed by atoms with E-state index in [1.165, 1.54) is 10.4 Å². The zero-order chi connectivity index (χ0) is 22.7. The van der Waals surface area contributed by atoms with Crippen LogP contribution in [0.15, 0.2) is 47.9 Å². The number of rotatable bonds is 8. The van der Waals surface area contributed by atoms with Crippen LogP contribution in [-0.4, -0.2) is 46.0 Å². The second kappa shape index (κ2) is 12.4. The lowest BCUT2D eigenvalue weighted by atomic mass is 9.99. The molecule has 1 unspecified atom stereocenters. The number of aryl methyl sites for hydroxylation is 1. The molecule has 1 aromatic carbocycles. The van der Waals surface area contributed by atoms with E-state index in [4.69, 9.17) is 21.7 Å². The minimum absolute atomic E-state index is 0.0225. The second-order valence-electron chi connectivity index (χ2n) is 6.28. The zero-order valence-electron chi connectivity index (χ0n) is 16.9. The SMILES string of the molecule is CCN(C(=O)CN)C(Cc1ccccc1N)c1sccc1C.O=C(O)C=CC(=O)O. The van der Waals surface area contributed by atoms with Gasteiger partial charge in [0, 0.05) is 29.3 Å². The number of carboxylic acids is 2. The van der Waals surface area contributed by atoms with Gasteiger partial charge in [0.1, 0.15) is 0 Å². The average molecular weight is 434 g/mol. The van der Waals surface area contributed by atoms with E-state index >= 15 is 0 Å². The summed E-state index contributed by atoms with van der Waals surface area (Å²) in [6.45, 7) is 4.72. The van der Waals surface area contributed by atoms with Gasteiger partial charge < -0.3 is 26.6 Å². The first kappa shape index (κ1) is 24.9. The van der Waals surface area contributed by atoms with Crippen LogP contribution in [0.1, 0.15) is 29.0 Å². The third kappa shape index (κ3) is 7.69. The number of hydrogen-bond acceptors (Lipinski definition) is 6. The molecule has 0 bridgehead atoms. The Balaban J connectivity index is 0.000000479. The van der Waals surface area contributed by atoms with Gasteiger partial charge in [0.25, 0.3) is 0 Å². The standard InChI is InChI=1S/C17H23N3OS.C4H4O4/c1-3-20(16(21)11-18)15(17-12(2)8-9-22-17)10-13-6-4-5-7-14(13)19;5-3(6)1-2-4(7)8/h4-9,15H,3,10-11,18-19H2,1-2H3;1-2H,(H,5,6)(H,7,8). The monoisotopic (exact) mass is 433 g/mol. The van der Waals surface area contributed by atoms with Crippen molar-refractivity contribution in [3.05, 3.63) is 63.9 Å². The number of likely N-dealkylation sites (N-methyl/N-ethyl adjacent to an activating group) is 1. The molecule has 2 rings (SSSR count). The maximum absolute atomic E-state index is 12.2. The fraction of sp³-hybridized carbons (Fsp3) is 0.286. The molecule has 0 aliphatic heterocycles. The molecule has 1 heterocycles. The molecule has 8 nitrogen and oxygen atoms in total. The average Bonchev–Trinajstić information content (AvgIpc) is 3.13. The van der Waals surface area contributed by atoms with Crippen molar-refractivity contribution in [2.45, 2.75) is 26.3 Å². The van der Waals surface area contributed by atoms with Crippen molar-refractivity contribution in [1.29, 1.82) is 0 Å². The smallest absolute Gasteiger partial charge is 0.328 e. The highest BCUT2D eigenvalue weighted by atomic mass is 32.1. The Morgan fingerprint density at radius 1 is 1.13 bits per heavy atom. The molecular formula is C21H27N3O5S. The minimum atomic E-state index is -1.26. The Hall–Kier alpha value is -3.17. The first-order chi connectivity index (χ1) is 14.2. The number of nitrogens with two attached hydrogens (primary N) is 2. The van der Waals surface area contributed by atoms with Gasteiger partial charge in [0.05, 0.1) is 12.6 Å². The second-order valence-corrected chi connectivity index (χ2v) is 7.23. The first-order valence-corrected chi connectivity index (χ1v) is 10.1. The Labute approximate surface area is 179 Å². The summed E-state index contributed by atoms with van der Waals surface area (Å²) in [7, 11) is 0. The predicted molar refractivity (Wildman–Crippen MR) is 117 cm³/mol. The molecule has 30 heavy (non-hydrogen) atoms. The number of thiophene rings is 1. The third-order valence-corrected chi connectivity index (χ3v) is 5.37. The molecule has 0 saturated heterocycles. The summed E-state index contributed by atoms with van der Waals surface area (Å²) in [5, 5.41) is 17.7. The Morgan fingerprint density at radius 3 is 2.17 bits per heavy atom. The summed E-state index contributed by atoms with van der Waals surface area (Å²) < 4.78 is 0. The summed E-state index contributed by atoms with van der Waals surface area (Å²) in [5.41, 5.74) is 14.7. The number of benzene rings is 1. The molecule has 0 radical (unpaired) electrons. The molecule has 9 heteroatoms. The van der Waals surface area contributed by atoms with Crippen molar-refractivity contribution in [1.82, 2.24) is 4.90 Å². The van der Waals surface area contributed by atoms with Gasteiger partial charge in [0.15, 0.2) is 0 Å². The molecule has 1 aromatic heterocycles. The molecule has 0 spiro atoms. The first-order valence-electron chi connectivity index (χ1n) is 9.22. The number of nitrogens with zero attached hydrogens (tertiary/aromatic N) is 1. The van der Waals surface area contributed by atoms with Crippen molar-refractivity contribution < 1.29 is 24.6 Å². The van der Waals surface area contributed by atoms with E-state index < -0.39 is 11.9 Å². The highest BCUT2D eigenvalue weighted by molar-refractivity contribution is 7.10. The van der Waals surface area contributed by atoms with Crippen molar-refractivity contribution in [3.8, 4) is 0 Å². The molecule has 0 saturated carbocycles. The Bertz CT molecular complexity index is 878. The fourth-order valence-corrected chi connectivity index (χ4v) is 3.87. The molecule has 1 atom stereocenters. The summed E-state index contributed by atoms with van der Waals surface area (Å²) in [4.78, 5) is 34.4. The number of para-hydroxylation sites is 1. The number of anilines is 1.